The Labute approximate surface area is 296 Å². The van der Waals surface area contributed by atoms with E-state index in [0.29, 0.717) is 5.82 Å². The average Bonchev–Trinajstić information content (AvgIpc) is 3.88. The van der Waals surface area contributed by atoms with Crippen LogP contribution in [0.4, 0.5) is 0 Å². The third-order valence-electron chi connectivity index (χ3n) is 10.0. The summed E-state index contributed by atoms with van der Waals surface area (Å²) in [4.78, 5) is 10.2. The summed E-state index contributed by atoms with van der Waals surface area (Å²) in [5, 5.41) is 7.17. The normalized spacial score (nSPS) is 11.9. The summed E-state index contributed by atoms with van der Waals surface area (Å²) >= 11 is 1.86. The van der Waals surface area contributed by atoms with Gasteiger partial charge >= 0.3 is 0 Å². The highest BCUT2D eigenvalue weighted by molar-refractivity contribution is 7.27. The minimum Gasteiger partial charge on any atom is -0.455 e. The maximum atomic E-state index is 6.80. The van der Waals surface area contributed by atoms with Crippen LogP contribution in [0.25, 0.3) is 104 Å². The van der Waals surface area contributed by atoms with Crippen molar-refractivity contribution in [3.05, 3.63) is 164 Å². The van der Waals surface area contributed by atoms with Crippen molar-refractivity contribution in [1.82, 2.24) is 14.5 Å². The van der Waals surface area contributed by atoms with E-state index in [2.05, 4.69) is 132 Å². The third kappa shape index (κ3) is 4.25. The van der Waals surface area contributed by atoms with E-state index in [0.717, 1.165) is 61.2 Å². The molecule has 0 aliphatic rings. The zero-order valence-electron chi connectivity index (χ0n) is 27.2. The molecule has 0 aliphatic heterocycles. The quantitative estimate of drug-likeness (QED) is 0.187. The van der Waals surface area contributed by atoms with E-state index < -0.39 is 0 Å². The summed E-state index contributed by atoms with van der Waals surface area (Å²) in [6, 6.07) is 57.3. The number of nitrogens with zero attached hydrogens (tertiary/aromatic N) is 3. The molecule has 0 fully saturated rings. The molecule has 0 unspecified atom stereocenters. The number of hydrogen-bond acceptors (Lipinski definition) is 4. The predicted molar refractivity (Wildman–Crippen MR) is 213 cm³/mol. The van der Waals surface area contributed by atoms with Gasteiger partial charge in [0.1, 0.15) is 11.2 Å². The Morgan fingerprint density at radius 1 is 0.490 bits per heavy atom. The van der Waals surface area contributed by atoms with Crippen LogP contribution in [-0.4, -0.2) is 14.5 Å². The molecule has 5 heteroatoms. The van der Waals surface area contributed by atoms with Gasteiger partial charge in [-0.3, -0.25) is 0 Å². The van der Waals surface area contributed by atoms with Crippen LogP contribution in [0.5, 0.6) is 0 Å². The van der Waals surface area contributed by atoms with E-state index >= 15 is 0 Å². The largest absolute Gasteiger partial charge is 0.455 e. The van der Waals surface area contributed by atoms with Crippen LogP contribution in [0.2, 0.25) is 0 Å². The van der Waals surface area contributed by atoms with Crippen molar-refractivity contribution in [1.29, 1.82) is 0 Å². The molecule has 0 atom stereocenters. The number of fused-ring (bicyclic) bond motifs is 12. The number of hydrogen-bond donors (Lipinski definition) is 0. The van der Waals surface area contributed by atoms with Gasteiger partial charge in [0, 0.05) is 54.0 Å². The molecule has 4 heterocycles. The summed E-state index contributed by atoms with van der Waals surface area (Å²) in [5.41, 5.74) is 10.1. The lowest BCUT2D eigenvalue weighted by Gasteiger charge is -2.12. The first kappa shape index (κ1) is 28.3. The number of rotatable bonds is 4. The van der Waals surface area contributed by atoms with Crippen LogP contribution in [0.1, 0.15) is 0 Å². The van der Waals surface area contributed by atoms with E-state index in [1.165, 1.54) is 36.5 Å². The second kappa shape index (κ2) is 11.0. The standard InChI is InChI=1S/C46H27N3OS/c1-3-13-28(14-4-1)35-27-36(29-15-5-2-6-16-29)48-46(47-35)30-23-25-31(26-24-30)49-37-20-10-7-17-32(37)42-43(49)45-41(34-19-9-12-22-39(34)51-45)40-33-18-8-11-21-38(33)50-44(40)42/h1-27H. The van der Waals surface area contributed by atoms with Crippen LogP contribution >= 0.6 is 11.3 Å². The Kier molecular flexibility index (Phi) is 6.09. The zero-order chi connectivity index (χ0) is 33.5. The van der Waals surface area contributed by atoms with Crippen molar-refractivity contribution in [2.75, 3.05) is 0 Å². The Hall–Kier alpha value is -6.56. The van der Waals surface area contributed by atoms with Crippen molar-refractivity contribution in [3.63, 3.8) is 0 Å². The van der Waals surface area contributed by atoms with Gasteiger partial charge in [-0.2, -0.15) is 0 Å². The maximum Gasteiger partial charge on any atom is 0.160 e. The molecule has 4 nitrogen and oxygen atoms in total. The smallest absolute Gasteiger partial charge is 0.160 e. The van der Waals surface area contributed by atoms with Crippen molar-refractivity contribution >= 4 is 75.3 Å². The van der Waals surface area contributed by atoms with Crippen LogP contribution < -0.4 is 0 Å². The van der Waals surface area contributed by atoms with Gasteiger partial charge in [-0.05, 0) is 48.5 Å². The SMILES string of the molecule is c1ccc(-c2cc(-c3ccccc3)nc(-c3ccc(-n4c5ccccc5c5c6oc7ccccc7c6c6c7ccccc7sc6c54)cc3)n2)cc1. The number of furan rings is 1. The highest BCUT2D eigenvalue weighted by Gasteiger charge is 2.25. The number of benzene rings is 7. The molecule has 0 saturated heterocycles. The fourth-order valence-corrected chi connectivity index (χ4v) is 8.98. The van der Waals surface area contributed by atoms with Gasteiger partial charge in [0.2, 0.25) is 0 Å². The molecule has 0 amide bonds. The van der Waals surface area contributed by atoms with Gasteiger partial charge in [-0.15, -0.1) is 11.3 Å². The van der Waals surface area contributed by atoms with Gasteiger partial charge in [0.15, 0.2) is 5.82 Å². The van der Waals surface area contributed by atoms with Crippen LogP contribution in [0, 0.1) is 0 Å². The first-order valence-electron chi connectivity index (χ1n) is 17.1. The number of aromatic nitrogens is 3. The highest BCUT2D eigenvalue weighted by Crippen LogP contribution is 2.50. The van der Waals surface area contributed by atoms with E-state index in [9.17, 15) is 0 Å². The Balaban J connectivity index is 1.17. The molecule has 4 aromatic heterocycles. The summed E-state index contributed by atoms with van der Waals surface area (Å²) < 4.78 is 11.7. The lowest BCUT2D eigenvalue weighted by Crippen LogP contribution is -1.97. The van der Waals surface area contributed by atoms with E-state index in [4.69, 9.17) is 14.4 Å². The lowest BCUT2D eigenvalue weighted by molar-refractivity contribution is 0.673. The molecule has 11 aromatic rings. The molecular weight excluding hydrogens is 643 g/mol. The molecule has 0 bridgehead atoms. The van der Waals surface area contributed by atoms with E-state index in [-0.39, 0.29) is 0 Å². The zero-order valence-corrected chi connectivity index (χ0v) is 28.1. The summed E-state index contributed by atoms with van der Waals surface area (Å²) in [5.74, 6) is 0.694. The fourth-order valence-electron chi connectivity index (χ4n) is 7.73. The monoisotopic (exact) mass is 669 g/mol. The molecule has 51 heavy (non-hydrogen) atoms. The Bertz CT molecular complexity index is 3060. The lowest BCUT2D eigenvalue weighted by atomic mass is 10.0. The van der Waals surface area contributed by atoms with Gasteiger partial charge in [0.25, 0.3) is 0 Å². The minimum absolute atomic E-state index is 0.694. The van der Waals surface area contributed by atoms with E-state index in [1.807, 2.05) is 47.7 Å². The number of para-hydroxylation sites is 2. The van der Waals surface area contributed by atoms with Crippen molar-refractivity contribution in [3.8, 4) is 39.6 Å². The Morgan fingerprint density at radius 3 is 1.82 bits per heavy atom. The molecule has 0 aliphatic carbocycles. The average molecular weight is 670 g/mol. The highest BCUT2D eigenvalue weighted by atomic mass is 32.1. The van der Waals surface area contributed by atoms with Crippen LogP contribution in [-0.2, 0) is 0 Å². The third-order valence-corrected chi connectivity index (χ3v) is 11.2. The first-order chi connectivity index (χ1) is 25.3. The van der Waals surface area contributed by atoms with Crippen LogP contribution in [0.3, 0.4) is 0 Å². The molecule has 0 spiro atoms. The predicted octanol–water partition coefficient (Wildman–Crippen LogP) is 12.8. The molecule has 0 saturated carbocycles. The Morgan fingerprint density at radius 2 is 1.10 bits per heavy atom. The van der Waals surface area contributed by atoms with Crippen molar-refractivity contribution in [2.45, 2.75) is 0 Å². The molecule has 0 radical (unpaired) electrons. The van der Waals surface area contributed by atoms with Gasteiger partial charge in [-0.1, -0.05) is 115 Å². The van der Waals surface area contributed by atoms with Gasteiger partial charge in [-0.25, -0.2) is 9.97 Å². The minimum atomic E-state index is 0.694. The van der Waals surface area contributed by atoms with Crippen LogP contribution in [0.15, 0.2) is 168 Å². The molecule has 7 aromatic carbocycles. The summed E-state index contributed by atoms with van der Waals surface area (Å²) in [6.45, 7) is 0. The molecular formula is C46H27N3OS. The molecule has 11 rings (SSSR count). The maximum absolute atomic E-state index is 6.80. The molecule has 0 N–H and O–H groups in total. The fraction of sp³-hybridized carbons (Fsp3) is 0. The second-order valence-electron chi connectivity index (χ2n) is 12.9. The topological polar surface area (TPSA) is 43.9 Å². The van der Waals surface area contributed by atoms with E-state index in [1.54, 1.807) is 0 Å². The van der Waals surface area contributed by atoms with Gasteiger partial charge < -0.3 is 8.98 Å². The second-order valence-corrected chi connectivity index (χ2v) is 14.0. The molecule has 238 valence electrons. The summed E-state index contributed by atoms with van der Waals surface area (Å²) in [7, 11) is 0. The summed E-state index contributed by atoms with van der Waals surface area (Å²) in [6.07, 6.45) is 0. The van der Waals surface area contributed by atoms with Crippen molar-refractivity contribution < 1.29 is 4.42 Å². The van der Waals surface area contributed by atoms with Gasteiger partial charge in [0.05, 0.1) is 32.5 Å². The number of thiophene rings is 1. The first-order valence-corrected chi connectivity index (χ1v) is 17.9. The van der Waals surface area contributed by atoms with Crippen molar-refractivity contribution in [2.24, 2.45) is 0 Å².